The van der Waals surface area contributed by atoms with Gasteiger partial charge in [0, 0.05) is 23.1 Å². The maximum atomic E-state index is 10.1. The van der Waals surface area contributed by atoms with Crippen LogP contribution in [0.1, 0.15) is 22.6 Å². The predicted octanol–water partition coefficient (Wildman–Crippen LogP) is 4.82. The van der Waals surface area contributed by atoms with Gasteiger partial charge in [-0.2, -0.15) is 0 Å². The largest absolute Gasteiger partial charge is 0.508 e. The predicted molar refractivity (Wildman–Crippen MR) is 138 cm³/mol. The Labute approximate surface area is 218 Å². The average molecular weight is 513 g/mol. The summed E-state index contributed by atoms with van der Waals surface area (Å²) in [4.78, 5) is 9.45. The number of phenolic OH excluding ortho intramolecular Hbond substituents is 1. The van der Waals surface area contributed by atoms with Gasteiger partial charge < -0.3 is 28.8 Å². The molecule has 3 heterocycles. The van der Waals surface area contributed by atoms with Crippen molar-refractivity contribution in [2.24, 2.45) is 0 Å². The van der Waals surface area contributed by atoms with E-state index < -0.39 is 0 Å². The van der Waals surface area contributed by atoms with Crippen molar-refractivity contribution < 1.29 is 28.8 Å². The molecule has 1 aliphatic heterocycles. The van der Waals surface area contributed by atoms with Crippen molar-refractivity contribution in [1.82, 2.24) is 19.6 Å². The normalized spacial score (nSPS) is 13.8. The number of methoxy groups -OCH3 is 4. The van der Waals surface area contributed by atoms with E-state index in [-0.39, 0.29) is 11.7 Å². The van der Waals surface area contributed by atoms with Crippen molar-refractivity contribution in [3.63, 3.8) is 0 Å². The average Bonchev–Trinajstić information content (AvgIpc) is 3.39. The van der Waals surface area contributed by atoms with Crippen LogP contribution in [0.25, 0.3) is 17.0 Å². The van der Waals surface area contributed by atoms with Gasteiger partial charge in [0.1, 0.15) is 17.8 Å². The highest BCUT2D eigenvalue weighted by atomic mass is 16.5. The summed E-state index contributed by atoms with van der Waals surface area (Å²) < 4.78 is 29.7. The van der Waals surface area contributed by atoms with Crippen LogP contribution < -0.4 is 23.7 Å². The number of aromatic nitrogens is 4. The fourth-order valence-corrected chi connectivity index (χ4v) is 4.78. The van der Waals surface area contributed by atoms with Gasteiger partial charge in [0.15, 0.2) is 34.5 Å². The van der Waals surface area contributed by atoms with E-state index in [9.17, 15) is 5.11 Å². The first kappa shape index (κ1) is 23.4. The molecular formula is C28H24N4O6. The Morgan fingerprint density at radius 2 is 1.53 bits per heavy atom. The van der Waals surface area contributed by atoms with Crippen molar-refractivity contribution >= 4 is 5.65 Å². The van der Waals surface area contributed by atoms with Crippen LogP contribution in [0.2, 0.25) is 0 Å². The lowest BCUT2D eigenvalue weighted by Gasteiger charge is -2.28. The topological polar surface area (TPSA) is 109 Å². The Morgan fingerprint density at radius 1 is 0.816 bits per heavy atom. The first-order chi connectivity index (χ1) is 18.5. The number of ether oxygens (including phenoxy) is 5. The van der Waals surface area contributed by atoms with Gasteiger partial charge in [-0.25, -0.2) is 14.5 Å². The van der Waals surface area contributed by atoms with Gasteiger partial charge in [0.2, 0.25) is 5.88 Å². The number of fused-ring (bicyclic) bond motifs is 4. The maximum absolute atomic E-state index is 10.1. The molecule has 10 nitrogen and oxygen atoms in total. The number of phenols is 1. The summed E-state index contributed by atoms with van der Waals surface area (Å²) in [5, 5.41) is 14.8. The second kappa shape index (κ2) is 9.15. The molecule has 0 radical (unpaired) electrons. The second-order valence-corrected chi connectivity index (χ2v) is 8.61. The van der Waals surface area contributed by atoms with Crippen molar-refractivity contribution in [2.75, 3.05) is 28.4 Å². The summed E-state index contributed by atoms with van der Waals surface area (Å²) in [7, 11) is 6.36. The van der Waals surface area contributed by atoms with E-state index in [1.165, 1.54) is 0 Å². The van der Waals surface area contributed by atoms with Crippen LogP contribution in [-0.4, -0.2) is 53.1 Å². The Balaban J connectivity index is 1.57. The van der Waals surface area contributed by atoms with E-state index >= 15 is 0 Å². The van der Waals surface area contributed by atoms with Crippen LogP contribution in [0.3, 0.4) is 0 Å². The molecule has 0 aliphatic carbocycles. The zero-order chi connectivity index (χ0) is 26.4. The molecule has 38 heavy (non-hydrogen) atoms. The van der Waals surface area contributed by atoms with Crippen LogP contribution in [0.4, 0.5) is 0 Å². The van der Waals surface area contributed by atoms with Gasteiger partial charge in [-0.1, -0.05) is 12.1 Å². The van der Waals surface area contributed by atoms with Crippen LogP contribution in [0.15, 0.2) is 60.9 Å². The fraction of sp³-hybridized carbons (Fsp3) is 0.179. The summed E-state index contributed by atoms with van der Waals surface area (Å²) in [5.41, 5.74) is 3.82. The monoisotopic (exact) mass is 512 g/mol. The fourth-order valence-electron chi connectivity index (χ4n) is 4.78. The Kier molecular flexibility index (Phi) is 5.64. The van der Waals surface area contributed by atoms with Crippen molar-refractivity contribution in [3.8, 4) is 51.8 Å². The van der Waals surface area contributed by atoms with E-state index in [4.69, 9.17) is 28.7 Å². The molecule has 2 aromatic heterocycles. The Hall–Kier alpha value is -4.99. The molecule has 0 saturated heterocycles. The molecule has 1 N–H and O–H groups in total. The molecule has 10 heteroatoms. The molecule has 0 saturated carbocycles. The number of nitrogens with zero attached hydrogens (tertiary/aromatic N) is 4. The summed E-state index contributed by atoms with van der Waals surface area (Å²) in [6.45, 7) is 0. The zero-order valence-corrected chi connectivity index (χ0v) is 21.1. The van der Waals surface area contributed by atoms with E-state index in [0.29, 0.717) is 46.1 Å². The lowest BCUT2D eigenvalue weighted by Crippen LogP contribution is -2.15. The molecule has 1 atom stereocenters. The lowest BCUT2D eigenvalue weighted by atomic mass is 9.83. The minimum absolute atomic E-state index is 0.0950. The summed E-state index contributed by atoms with van der Waals surface area (Å²) in [6.07, 6.45) is 1.56. The zero-order valence-electron chi connectivity index (χ0n) is 21.1. The third-order valence-corrected chi connectivity index (χ3v) is 6.57. The van der Waals surface area contributed by atoms with Crippen LogP contribution in [0.5, 0.6) is 40.4 Å². The van der Waals surface area contributed by atoms with Crippen LogP contribution >= 0.6 is 0 Å². The number of hydrogen-bond donors (Lipinski definition) is 1. The summed E-state index contributed by atoms with van der Waals surface area (Å²) >= 11 is 0. The van der Waals surface area contributed by atoms with Crippen LogP contribution in [-0.2, 0) is 0 Å². The highest BCUT2D eigenvalue weighted by molar-refractivity contribution is 5.70. The molecule has 6 rings (SSSR count). The summed E-state index contributed by atoms with van der Waals surface area (Å²) in [5.74, 6) is 3.52. The molecule has 0 spiro atoms. The SMILES string of the molecule is COc1ccc(-c2nc3c4c(ncn3n2)Oc2cc(O)ccc2[C@H]4c2ccc(OC)c(OC)c2)cc1OC. The van der Waals surface area contributed by atoms with E-state index in [2.05, 4.69) is 10.1 Å². The van der Waals surface area contributed by atoms with Gasteiger partial charge in [0.25, 0.3) is 0 Å². The molecule has 5 aromatic rings. The standard InChI is InChI=1S/C28H24N4O6/c1-34-19-9-5-15(11-22(19)36-3)24-18-8-7-17(33)13-21(18)38-28-25(24)27-30-26(31-32(27)14-29-28)16-6-10-20(35-2)23(12-16)37-4/h5-14,24,33H,1-4H3/t24-/m1/s1. The molecule has 1 aliphatic rings. The van der Waals surface area contributed by atoms with E-state index in [1.54, 1.807) is 51.4 Å². The van der Waals surface area contributed by atoms with Gasteiger partial charge in [-0.05, 0) is 42.0 Å². The lowest BCUT2D eigenvalue weighted by molar-refractivity contribution is 0.354. The minimum Gasteiger partial charge on any atom is -0.508 e. The molecule has 3 aromatic carbocycles. The smallest absolute Gasteiger partial charge is 0.228 e. The summed E-state index contributed by atoms with van der Waals surface area (Å²) in [6, 6.07) is 16.3. The Morgan fingerprint density at radius 3 is 2.26 bits per heavy atom. The number of benzene rings is 3. The molecular weight excluding hydrogens is 488 g/mol. The molecule has 192 valence electrons. The maximum Gasteiger partial charge on any atom is 0.228 e. The van der Waals surface area contributed by atoms with E-state index in [1.807, 2.05) is 42.5 Å². The molecule has 0 bridgehead atoms. The van der Waals surface area contributed by atoms with Crippen molar-refractivity contribution in [2.45, 2.75) is 5.92 Å². The molecule has 0 fully saturated rings. The van der Waals surface area contributed by atoms with Gasteiger partial charge in [-0.15, -0.1) is 5.10 Å². The first-order valence-electron chi connectivity index (χ1n) is 11.7. The molecule has 0 unspecified atom stereocenters. The number of aromatic hydroxyl groups is 1. The van der Waals surface area contributed by atoms with Crippen LogP contribution in [0, 0.1) is 0 Å². The highest BCUT2D eigenvalue weighted by Crippen LogP contribution is 2.49. The minimum atomic E-state index is -0.340. The second-order valence-electron chi connectivity index (χ2n) is 8.61. The number of hydrogen-bond acceptors (Lipinski definition) is 9. The molecule has 0 amide bonds. The Bertz CT molecular complexity index is 1680. The third-order valence-electron chi connectivity index (χ3n) is 6.57. The third kappa shape index (κ3) is 3.69. The van der Waals surface area contributed by atoms with Gasteiger partial charge >= 0.3 is 0 Å². The van der Waals surface area contributed by atoms with Gasteiger partial charge in [0.05, 0.1) is 34.0 Å². The van der Waals surface area contributed by atoms with Crippen molar-refractivity contribution in [3.05, 3.63) is 77.6 Å². The highest BCUT2D eigenvalue weighted by Gasteiger charge is 2.34. The first-order valence-corrected chi connectivity index (χ1v) is 11.7. The number of rotatable bonds is 6. The quantitative estimate of drug-likeness (QED) is 0.336. The van der Waals surface area contributed by atoms with E-state index in [0.717, 1.165) is 22.3 Å². The van der Waals surface area contributed by atoms with Gasteiger partial charge in [-0.3, -0.25) is 0 Å². The van der Waals surface area contributed by atoms with Crippen molar-refractivity contribution in [1.29, 1.82) is 0 Å².